The highest BCUT2D eigenvalue weighted by molar-refractivity contribution is 5.04. The molecule has 1 N–H and O–H groups in total. The average Bonchev–Trinajstić information content (AvgIpc) is 2.67. The van der Waals surface area contributed by atoms with E-state index in [1.165, 1.54) is 5.56 Å². The van der Waals surface area contributed by atoms with Crippen molar-refractivity contribution in [2.75, 3.05) is 19.7 Å². The number of aliphatic hydroxyl groups is 1. The van der Waals surface area contributed by atoms with E-state index in [1.54, 1.807) is 0 Å². The van der Waals surface area contributed by atoms with E-state index in [0.29, 0.717) is 12.6 Å². The smallest absolute Gasteiger partial charge is 0.0558 e. The predicted molar refractivity (Wildman–Crippen MR) is 65.2 cm³/mol. The van der Waals surface area contributed by atoms with Crippen molar-refractivity contribution in [3.63, 3.8) is 0 Å². The summed E-state index contributed by atoms with van der Waals surface area (Å²) < 4.78 is 1.94. The number of nitrogens with zero attached hydrogens (tertiary/aromatic N) is 3. The Morgan fingerprint density at radius 1 is 1.62 bits per heavy atom. The molecule has 4 heteroatoms. The van der Waals surface area contributed by atoms with E-state index in [0.717, 1.165) is 13.1 Å². The number of aliphatic hydroxyl groups excluding tert-OH is 1. The fraction of sp³-hybridized carbons (Fsp3) is 0.583. The number of aromatic nitrogens is 2. The Balaban J connectivity index is 2.58. The van der Waals surface area contributed by atoms with E-state index < -0.39 is 0 Å². The Morgan fingerprint density at radius 2 is 2.38 bits per heavy atom. The van der Waals surface area contributed by atoms with Gasteiger partial charge in [-0.05, 0) is 13.8 Å². The van der Waals surface area contributed by atoms with Crippen LogP contribution in [0.25, 0.3) is 0 Å². The fourth-order valence-electron chi connectivity index (χ4n) is 1.56. The van der Waals surface area contributed by atoms with E-state index in [-0.39, 0.29) is 6.61 Å². The lowest BCUT2D eigenvalue weighted by Gasteiger charge is -2.18. The van der Waals surface area contributed by atoms with Crippen LogP contribution in [0.1, 0.15) is 25.5 Å². The van der Waals surface area contributed by atoms with E-state index in [9.17, 15) is 0 Å². The Labute approximate surface area is 97.2 Å². The van der Waals surface area contributed by atoms with Crippen molar-refractivity contribution >= 4 is 0 Å². The molecule has 0 amide bonds. The molecule has 0 saturated carbocycles. The van der Waals surface area contributed by atoms with Crippen molar-refractivity contribution in [1.29, 1.82) is 0 Å². The van der Waals surface area contributed by atoms with Crippen LogP contribution in [0, 0.1) is 0 Å². The maximum Gasteiger partial charge on any atom is 0.0558 e. The van der Waals surface area contributed by atoms with E-state index >= 15 is 0 Å². The van der Waals surface area contributed by atoms with Gasteiger partial charge in [0.15, 0.2) is 0 Å². The second-order valence-electron chi connectivity index (χ2n) is 4.17. The van der Waals surface area contributed by atoms with Gasteiger partial charge in [0.05, 0.1) is 12.8 Å². The summed E-state index contributed by atoms with van der Waals surface area (Å²) in [6.07, 6.45) is 5.79. The summed E-state index contributed by atoms with van der Waals surface area (Å²) in [5, 5.41) is 13.2. The molecule has 1 rings (SSSR count). The highest BCUT2D eigenvalue weighted by Gasteiger charge is 2.06. The van der Waals surface area contributed by atoms with Crippen molar-refractivity contribution < 1.29 is 5.11 Å². The molecule has 1 heterocycles. The highest BCUT2D eigenvalue weighted by atomic mass is 16.3. The van der Waals surface area contributed by atoms with Crippen LogP contribution in [-0.2, 0) is 6.54 Å². The molecule has 16 heavy (non-hydrogen) atoms. The molecule has 0 fully saturated rings. The minimum atomic E-state index is 0.173. The van der Waals surface area contributed by atoms with Crippen molar-refractivity contribution in [3.8, 4) is 0 Å². The van der Waals surface area contributed by atoms with Crippen molar-refractivity contribution in [2.45, 2.75) is 26.4 Å². The van der Waals surface area contributed by atoms with Crippen molar-refractivity contribution in [2.24, 2.45) is 0 Å². The first-order valence-electron chi connectivity index (χ1n) is 5.64. The normalized spacial score (nSPS) is 11.3. The molecule has 0 spiro atoms. The molecule has 1 aromatic heterocycles. The molecule has 0 bridgehead atoms. The van der Waals surface area contributed by atoms with Crippen LogP contribution in [0.3, 0.4) is 0 Å². The molecule has 4 nitrogen and oxygen atoms in total. The third kappa shape index (κ3) is 3.79. The van der Waals surface area contributed by atoms with Gasteiger partial charge in [0.25, 0.3) is 0 Å². The van der Waals surface area contributed by atoms with Gasteiger partial charge in [-0.15, -0.1) is 6.58 Å². The van der Waals surface area contributed by atoms with E-state index in [1.807, 2.05) is 17.0 Å². The fourth-order valence-corrected chi connectivity index (χ4v) is 1.56. The highest BCUT2D eigenvalue weighted by Crippen LogP contribution is 2.07. The summed E-state index contributed by atoms with van der Waals surface area (Å²) in [7, 11) is 0. The molecule has 0 aliphatic heterocycles. The molecule has 0 aromatic carbocycles. The van der Waals surface area contributed by atoms with Crippen molar-refractivity contribution in [1.82, 2.24) is 14.7 Å². The Hall–Kier alpha value is -1.13. The maximum atomic E-state index is 8.94. The molecule has 0 aliphatic carbocycles. The number of hydrogen-bond donors (Lipinski definition) is 1. The molecular weight excluding hydrogens is 202 g/mol. The average molecular weight is 223 g/mol. The first-order valence-corrected chi connectivity index (χ1v) is 5.64. The molecule has 0 atom stereocenters. The quantitative estimate of drug-likeness (QED) is 0.711. The van der Waals surface area contributed by atoms with Crippen LogP contribution >= 0.6 is 0 Å². The Kier molecular flexibility index (Phi) is 5.22. The van der Waals surface area contributed by atoms with Gasteiger partial charge in [-0.1, -0.05) is 6.08 Å². The zero-order valence-electron chi connectivity index (χ0n) is 10.1. The lowest BCUT2D eigenvalue weighted by molar-refractivity contribution is 0.203. The maximum absolute atomic E-state index is 8.94. The second kappa shape index (κ2) is 6.45. The summed E-state index contributed by atoms with van der Waals surface area (Å²) in [6.45, 7) is 10.3. The van der Waals surface area contributed by atoms with Crippen LogP contribution in [0.5, 0.6) is 0 Å². The minimum Gasteiger partial charge on any atom is -0.395 e. The van der Waals surface area contributed by atoms with Gasteiger partial charge in [-0.25, -0.2) is 0 Å². The topological polar surface area (TPSA) is 41.3 Å². The third-order valence-corrected chi connectivity index (χ3v) is 2.39. The lowest BCUT2D eigenvalue weighted by Crippen LogP contribution is -2.26. The zero-order chi connectivity index (χ0) is 12.0. The largest absolute Gasteiger partial charge is 0.395 e. The van der Waals surface area contributed by atoms with Crippen LogP contribution in [0.4, 0.5) is 0 Å². The summed E-state index contributed by atoms with van der Waals surface area (Å²) in [5.74, 6) is 0. The predicted octanol–water partition coefficient (Wildman–Crippen LogP) is 1.44. The number of rotatable bonds is 7. The SMILES string of the molecule is C=CCN(CCO)Cc1cnn(C(C)C)c1. The van der Waals surface area contributed by atoms with Crippen LogP contribution in [-0.4, -0.2) is 39.5 Å². The van der Waals surface area contributed by atoms with Gasteiger partial charge in [0.2, 0.25) is 0 Å². The molecular formula is C12H21N3O. The van der Waals surface area contributed by atoms with E-state index in [2.05, 4.69) is 36.6 Å². The standard InChI is InChI=1S/C12H21N3O/c1-4-5-14(6-7-16)9-12-8-13-15(10-12)11(2)3/h4,8,10-11,16H,1,5-7,9H2,2-3H3. The molecule has 90 valence electrons. The monoisotopic (exact) mass is 223 g/mol. The summed E-state index contributed by atoms with van der Waals surface area (Å²) in [6, 6.07) is 0.388. The number of hydrogen-bond acceptors (Lipinski definition) is 3. The van der Waals surface area contributed by atoms with Gasteiger partial charge in [0, 0.05) is 37.4 Å². The molecule has 0 saturated heterocycles. The van der Waals surface area contributed by atoms with Crippen molar-refractivity contribution in [3.05, 3.63) is 30.6 Å². The first-order chi connectivity index (χ1) is 7.67. The minimum absolute atomic E-state index is 0.173. The second-order valence-corrected chi connectivity index (χ2v) is 4.17. The molecule has 0 radical (unpaired) electrons. The molecule has 1 aromatic rings. The molecule has 0 unspecified atom stereocenters. The zero-order valence-corrected chi connectivity index (χ0v) is 10.1. The van der Waals surface area contributed by atoms with Crippen LogP contribution < -0.4 is 0 Å². The third-order valence-electron chi connectivity index (χ3n) is 2.39. The Morgan fingerprint density at radius 3 is 2.88 bits per heavy atom. The summed E-state index contributed by atoms with van der Waals surface area (Å²) >= 11 is 0. The summed E-state index contributed by atoms with van der Waals surface area (Å²) in [4.78, 5) is 2.13. The first kappa shape index (κ1) is 12.9. The van der Waals surface area contributed by atoms with Gasteiger partial charge < -0.3 is 5.11 Å². The van der Waals surface area contributed by atoms with Gasteiger partial charge in [-0.2, -0.15) is 5.10 Å². The molecule has 0 aliphatic rings. The van der Waals surface area contributed by atoms with E-state index in [4.69, 9.17) is 5.11 Å². The van der Waals surface area contributed by atoms with Gasteiger partial charge in [0.1, 0.15) is 0 Å². The summed E-state index contributed by atoms with van der Waals surface area (Å²) in [5.41, 5.74) is 1.17. The van der Waals surface area contributed by atoms with Gasteiger partial charge >= 0.3 is 0 Å². The lowest BCUT2D eigenvalue weighted by atomic mass is 10.3. The Bertz CT molecular complexity index is 320. The van der Waals surface area contributed by atoms with Crippen LogP contribution in [0.2, 0.25) is 0 Å². The van der Waals surface area contributed by atoms with Crippen LogP contribution in [0.15, 0.2) is 25.0 Å². The van der Waals surface area contributed by atoms with Gasteiger partial charge in [-0.3, -0.25) is 9.58 Å².